The molecular formula is C5H7N3. The summed E-state index contributed by atoms with van der Waals surface area (Å²) in [6, 6.07) is 0. The average Bonchev–Trinajstić information content (AvgIpc) is 2.15. The zero-order valence-corrected chi connectivity index (χ0v) is 4.49. The standard InChI is InChI=1S/C5H7N3/c1-2-7-4-6-5-8(7)3-1/h1-2,5H,3-4H2. The molecule has 0 atom stereocenters. The van der Waals surface area contributed by atoms with E-state index < -0.39 is 0 Å². The molecule has 0 saturated heterocycles. The van der Waals surface area contributed by atoms with Crippen LogP contribution in [0.3, 0.4) is 0 Å². The van der Waals surface area contributed by atoms with Crippen LogP contribution in [-0.4, -0.2) is 29.6 Å². The van der Waals surface area contributed by atoms with Gasteiger partial charge in [0.1, 0.15) is 13.0 Å². The maximum Gasteiger partial charge on any atom is 0.131 e. The zero-order chi connectivity index (χ0) is 5.40. The summed E-state index contributed by atoms with van der Waals surface area (Å²) in [6.45, 7) is 1.79. The molecule has 0 unspecified atom stereocenters. The lowest BCUT2D eigenvalue weighted by Gasteiger charge is -2.17. The molecule has 0 aromatic carbocycles. The Hall–Kier alpha value is -0.990. The van der Waals surface area contributed by atoms with Crippen molar-refractivity contribution >= 4 is 6.34 Å². The van der Waals surface area contributed by atoms with Gasteiger partial charge in [0.25, 0.3) is 0 Å². The van der Waals surface area contributed by atoms with Crippen molar-refractivity contribution in [2.75, 3.05) is 13.2 Å². The summed E-state index contributed by atoms with van der Waals surface area (Å²) >= 11 is 0. The predicted molar refractivity (Wildman–Crippen MR) is 31.0 cm³/mol. The van der Waals surface area contributed by atoms with Gasteiger partial charge in [0.2, 0.25) is 0 Å². The second kappa shape index (κ2) is 1.24. The molecule has 2 heterocycles. The minimum absolute atomic E-state index is 0.802. The number of rotatable bonds is 0. The van der Waals surface area contributed by atoms with Gasteiger partial charge in [0.05, 0.1) is 6.54 Å². The van der Waals surface area contributed by atoms with E-state index in [1.807, 2.05) is 12.5 Å². The Labute approximate surface area is 47.9 Å². The first-order valence-electron chi connectivity index (χ1n) is 2.66. The second-order valence-electron chi connectivity index (χ2n) is 1.89. The van der Waals surface area contributed by atoms with Crippen LogP contribution in [0.2, 0.25) is 0 Å². The van der Waals surface area contributed by atoms with E-state index in [2.05, 4.69) is 21.1 Å². The van der Waals surface area contributed by atoms with Gasteiger partial charge in [-0.15, -0.1) is 0 Å². The molecule has 0 saturated carbocycles. The van der Waals surface area contributed by atoms with Crippen LogP contribution >= 0.6 is 0 Å². The molecule has 0 fully saturated rings. The first kappa shape index (κ1) is 3.95. The quantitative estimate of drug-likeness (QED) is 0.437. The maximum absolute atomic E-state index is 4.04. The summed E-state index contributed by atoms with van der Waals surface area (Å²) in [5.41, 5.74) is 0. The number of hydrazine groups is 1. The Morgan fingerprint density at radius 1 is 1.38 bits per heavy atom. The highest BCUT2D eigenvalue weighted by molar-refractivity contribution is 5.57. The van der Waals surface area contributed by atoms with Gasteiger partial charge in [0, 0.05) is 6.20 Å². The maximum atomic E-state index is 4.04. The minimum Gasteiger partial charge on any atom is -0.270 e. The van der Waals surface area contributed by atoms with E-state index in [0.717, 1.165) is 13.2 Å². The van der Waals surface area contributed by atoms with Crippen molar-refractivity contribution in [3.05, 3.63) is 12.3 Å². The molecule has 3 nitrogen and oxygen atoms in total. The Kier molecular flexibility index (Phi) is 0.614. The van der Waals surface area contributed by atoms with Crippen molar-refractivity contribution in [2.45, 2.75) is 0 Å². The first-order chi connectivity index (χ1) is 3.97. The summed E-state index contributed by atoms with van der Waals surface area (Å²) in [6.07, 6.45) is 6.03. The first-order valence-corrected chi connectivity index (χ1v) is 2.66. The highest BCUT2D eigenvalue weighted by atomic mass is 15.7. The van der Waals surface area contributed by atoms with Crippen LogP contribution in [0.5, 0.6) is 0 Å². The van der Waals surface area contributed by atoms with Gasteiger partial charge in [-0.3, -0.25) is 15.0 Å². The third kappa shape index (κ3) is 0.358. The van der Waals surface area contributed by atoms with Gasteiger partial charge in [-0.1, -0.05) is 0 Å². The van der Waals surface area contributed by atoms with E-state index in [1.54, 1.807) is 0 Å². The largest absolute Gasteiger partial charge is 0.270 e. The van der Waals surface area contributed by atoms with Crippen molar-refractivity contribution in [3.8, 4) is 0 Å². The zero-order valence-electron chi connectivity index (χ0n) is 4.49. The van der Waals surface area contributed by atoms with Crippen LogP contribution in [0.15, 0.2) is 17.3 Å². The van der Waals surface area contributed by atoms with Gasteiger partial charge in [0.15, 0.2) is 0 Å². The molecule has 42 valence electrons. The molecule has 2 rings (SSSR count). The van der Waals surface area contributed by atoms with E-state index in [9.17, 15) is 0 Å². The van der Waals surface area contributed by atoms with E-state index in [-0.39, 0.29) is 0 Å². The normalized spacial score (nSPS) is 23.0. The van der Waals surface area contributed by atoms with Crippen molar-refractivity contribution in [1.82, 2.24) is 10.0 Å². The summed E-state index contributed by atoms with van der Waals surface area (Å²) in [4.78, 5) is 4.04. The molecule has 0 aromatic rings. The Morgan fingerprint density at radius 3 is 3.25 bits per heavy atom. The highest BCUT2D eigenvalue weighted by Crippen LogP contribution is 2.08. The summed E-state index contributed by atoms with van der Waals surface area (Å²) < 4.78 is 0. The molecule has 0 aromatic heterocycles. The molecule has 0 aliphatic carbocycles. The lowest BCUT2D eigenvalue weighted by Crippen LogP contribution is -2.27. The molecule has 0 spiro atoms. The second-order valence-corrected chi connectivity index (χ2v) is 1.89. The molecule has 0 bridgehead atoms. The van der Waals surface area contributed by atoms with Crippen molar-refractivity contribution < 1.29 is 0 Å². The van der Waals surface area contributed by atoms with Gasteiger partial charge in [-0.05, 0) is 6.08 Å². The van der Waals surface area contributed by atoms with Crippen LogP contribution in [0.25, 0.3) is 0 Å². The fourth-order valence-corrected chi connectivity index (χ4v) is 0.924. The summed E-state index contributed by atoms with van der Waals surface area (Å²) in [7, 11) is 0. The summed E-state index contributed by atoms with van der Waals surface area (Å²) in [5.74, 6) is 0. The lowest BCUT2D eigenvalue weighted by atomic mass is 10.6. The number of hydrogen-bond acceptors (Lipinski definition) is 3. The fourth-order valence-electron chi connectivity index (χ4n) is 0.924. The number of fused-ring (bicyclic) bond motifs is 1. The number of hydrogen-bond donors (Lipinski definition) is 0. The van der Waals surface area contributed by atoms with Crippen molar-refractivity contribution in [2.24, 2.45) is 4.99 Å². The van der Waals surface area contributed by atoms with Crippen LogP contribution in [0.4, 0.5) is 0 Å². The average molecular weight is 109 g/mol. The molecule has 0 N–H and O–H groups in total. The summed E-state index contributed by atoms with van der Waals surface area (Å²) in [5, 5.41) is 4.14. The van der Waals surface area contributed by atoms with Gasteiger partial charge in [-0.2, -0.15) is 0 Å². The Morgan fingerprint density at radius 2 is 2.38 bits per heavy atom. The smallest absolute Gasteiger partial charge is 0.131 e. The molecule has 3 heteroatoms. The monoisotopic (exact) mass is 109 g/mol. The van der Waals surface area contributed by atoms with Crippen LogP contribution < -0.4 is 0 Å². The molecular weight excluding hydrogens is 102 g/mol. The van der Waals surface area contributed by atoms with Crippen LogP contribution in [0, 0.1) is 0 Å². The van der Waals surface area contributed by atoms with Crippen molar-refractivity contribution in [1.29, 1.82) is 0 Å². The number of nitrogens with zero attached hydrogens (tertiary/aromatic N) is 3. The van der Waals surface area contributed by atoms with E-state index >= 15 is 0 Å². The van der Waals surface area contributed by atoms with E-state index in [1.165, 1.54) is 0 Å². The van der Waals surface area contributed by atoms with E-state index in [0.29, 0.717) is 0 Å². The Balaban J connectivity index is 2.20. The van der Waals surface area contributed by atoms with Crippen molar-refractivity contribution in [3.63, 3.8) is 0 Å². The lowest BCUT2D eigenvalue weighted by molar-refractivity contribution is 0.175. The highest BCUT2D eigenvalue weighted by Gasteiger charge is 2.15. The van der Waals surface area contributed by atoms with Gasteiger partial charge < -0.3 is 0 Å². The molecule has 0 amide bonds. The molecule has 2 aliphatic rings. The minimum atomic E-state index is 0.802. The predicted octanol–water partition coefficient (Wildman–Crippen LogP) is 0.0321. The van der Waals surface area contributed by atoms with E-state index in [4.69, 9.17) is 0 Å². The Bertz CT molecular complexity index is 132. The molecule has 8 heavy (non-hydrogen) atoms. The third-order valence-corrected chi connectivity index (χ3v) is 1.34. The van der Waals surface area contributed by atoms with Crippen LogP contribution in [-0.2, 0) is 0 Å². The topological polar surface area (TPSA) is 18.8 Å². The fraction of sp³-hybridized carbons (Fsp3) is 0.400. The SMILES string of the molecule is C1=CN2CN=CN2C1. The number of aliphatic imine (C=N–C) groups is 1. The van der Waals surface area contributed by atoms with Gasteiger partial charge >= 0.3 is 0 Å². The van der Waals surface area contributed by atoms with Gasteiger partial charge in [-0.25, -0.2) is 0 Å². The van der Waals surface area contributed by atoms with Crippen LogP contribution in [0.1, 0.15) is 0 Å². The third-order valence-electron chi connectivity index (χ3n) is 1.34. The molecule has 2 aliphatic heterocycles. The molecule has 0 radical (unpaired) electrons.